The summed E-state index contributed by atoms with van der Waals surface area (Å²) in [4.78, 5) is 38.1. The van der Waals surface area contributed by atoms with Crippen LogP contribution >= 0.6 is 11.3 Å². The molecule has 0 aliphatic carbocycles. The molecule has 1 aromatic rings. The van der Waals surface area contributed by atoms with Crippen LogP contribution in [-0.2, 0) is 16.0 Å². The normalized spacial score (nSPS) is 17.0. The van der Waals surface area contributed by atoms with Gasteiger partial charge in [0.1, 0.15) is 5.00 Å². The van der Waals surface area contributed by atoms with Gasteiger partial charge in [-0.1, -0.05) is 6.92 Å². The highest BCUT2D eigenvalue weighted by molar-refractivity contribution is 7.16. The molecule has 24 heavy (non-hydrogen) atoms. The van der Waals surface area contributed by atoms with E-state index in [9.17, 15) is 14.4 Å². The van der Waals surface area contributed by atoms with Gasteiger partial charge < -0.3 is 14.7 Å². The van der Waals surface area contributed by atoms with Crippen LogP contribution in [0.15, 0.2) is 0 Å². The van der Waals surface area contributed by atoms with Crippen molar-refractivity contribution in [3.63, 3.8) is 0 Å². The second-order valence-corrected chi connectivity index (χ2v) is 6.84. The SMILES string of the molecule is CCOC(=O)c1c(NC(=O)N2CCC(C(=O)O)C2)sc(C)c1CC. The van der Waals surface area contributed by atoms with Crippen LogP contribution in [0.25, 0.3) is 0 Å². The maximum absolute atomic E-state index is 12.4. The lowest BCUT2D eigenvalue weighted by Gasteiger charge is -2.16. The second-order valence-electron chi connectivity index (χ2n) is 5.61. The molecule has 8 heteroatoms. The van der Waals surface area contributed by atoms with Crippen molar-refractivity contribution in [1.29, 1.82) is 0 Å². The first kappa shape index (κ1) is 18.3. The molecule has 1 saturated heterocycles. The van der Waals surface area contributed by atoms with Crippen LogP contribution in [-0.4, -0.2) is 47.7 Å². The molecular formula is C16H22N2O5S. The molecule has 1 fully saturated rings. The van der Waals surface area contributed by atoms with Crippen molar-refractivity contribution >= 4 is 34.3 Å². The smallest absolute Gasteiger partial charge is 0.341 e. The number of hydrogen-bond donors (Lipinski definition) is 2. The largest absolute Gasteiger partial charge is 0.481 e. The summed E-state index contributed by atoms with van der Waals surface area (Å²) in [5.74, 6) is -1.87. The number of aliphatic carboxylic acids is 1. The lowest BCUT2D eigenvalue weighted by atomic mass is 10.1. The average Bonchev–Trinajstić information content (AvgIpc) is 3.12. The molecule has 2 N–H and O–H groups in total. The molecule has 1 aromatic heterocycles. The minimum atomic E-state index is -0.891. The summed E-state index contributed by atoms with van der Waals surface area (Å²) in [5, 5.41) is 12.3. The Morgan fingerprint density at radius 1 is 1.38 bits per heavy atom. The number of urea groups is 1. The van der Waals surface area contributed by atoms with Gasteiger partial charge in [-0.05, 0) is 32.3 Å². The van der Waals surface area contributed by atoms with E-state index in [1.54, 1.807) is 6.92 Å². The number of anilines is 1. The number of esters is 1. The Hall–Kier alpha value is -2.09. The van der Waals surface area contributed by atoms with Gasteiger partial charge >= 0.3 is 18.0 Å². The van der Waals surface area contributed by atoms with Crippen LogP contribution in [0.4, 0.5) is 9.80 Å². The Bertz CT molecular complexity index is 655. The number of carboxylic acid groups (broad SMARTS) is 1. The Morgan fingerprint density at radius 3 is 2.62 bits per heavy atom. The Balaban J connectivity index is 2.19. The van der Waals surface area contributed by atoms with Crippen LogP contribution in [0, 0.1) is 12.8 Å². The van der Waals surface area contributed by atoms with E-state index in [-0.39, 0.29) is 19.2 Å². The van der Waals surface area contributed by atoms with Crippen molar-refractivity contribution < 1.29 is 24.2 Å². The molecule has 2 amide bonds. The predicted octanol–water partition coefficient (Wildman–Crippen LogP) is 2.73. The number of aryl methyl sites for hydroxylation is 1. The van der Waals surface area contributed by atoms with Gasteiger partial charge in [0.15, 0.2) is 0 Å². The monoisotopic (exact) mass is 354 g/mol. The fraction of sp³-hybridized carbons (Fsp3) is 0.562. The molecule has 0 bridgehead atoms. The molecule has 0 radical (unpaired) electrons. The molecule has 7 nitrogen and oxygen atoms in total. The van der Waals surface area contributed by atoms with E-state index in [0.29, 0.717) is 30.0 Å². The molecule has 132 valence electrons. The number of carbonyl (C=O) groups excluding carboxylic acids is 2. The van der Waals surface area contributed by atoms with Crippen molar-refractivity contribution in [3.8, 4) is 0 Å². The summed E-state index contributed by atoms with van der Waals surface area (Å²) in [6.07, 6.45) is 1.11. The number of ether oxygens (including phenoxy) is 1. The molecule has 0 spiro atoms. The van der Waals surface area contributed by atoms with Gasteiger partial charge in [0.2, 0.25) is 0 Å². The molecule has 2 heterocycles. The van der Waals surface area contributed by atoms with Crippen molar-refractivity contribution in [2.45, 2.75) is 33.6 Å². The fourth-order valence-electron chi connectivity index (χ4n) is 2.83. The second kappa shape index (κ2) is 7.65. The highest BCUT2D eigenvalue weighted by Crippen LogP contribution is 2.34. The summed E-state index contributed by atoms with van der Waals surface area (Å²) < 4.78 is 5.11. The highest BCUT2D eigenvalue weighted by Gasteiger charge is 2.32. The van der Waals surface area contributed by atoms with Gasteiger partial charge in [-0.15, -0.1) is 11.3 Å². The van der Waals surface area contributed by atoms with E-state index in [2.05, 4.69) is 5.32 Å². The maximum atomic E-state index is 12.4. The Labute approximate surface area is 144 Å². The third-order valence-corrected chi connectivity index (χ3v) is 5.15. The zero-order chi connectivity index (χ0) is 17.9. The minimum absolute atomic E-state index is 0.181. The summed E-state index contributed by atoms with van der Waals surface area (Å²) in [6.45, 7) is 6.41. The van der Waals surface area contributed by atoms with Crippen molar-refractivity contribution in [1.82, 2.24) is 4.90 Å². The number of amides is 2. The Morgan fingerprint density at radius 2 is 2.08 bits per heavy atom. The van der Waals surface area contributed by atoms with Gasteiger partial charge in [0, 0.05) is 18.0 Å². The van der Waals surface area contributed by atoms with E-state index >= 15 is 0 Å². The van der Waals surface area contributed by atoms with Crippen LogP contribution in [0.3, 0.4) is 0 Å². The molecule has 1 aliphatic heterocycles. The van der Waals surface area contributed by atoms with Gasteiger partial charge in [-0.2, -0.15) is 0 Å². The molecule has 2 rings (SSSR count). The summed E-state index contributed by atoms with van der Waals surface area (Å²) in [5.41, 5.74) is 1.28. The van der Waals surface area contributed by atoms with E-state index in [0.717, 1.165) is 10.4 Å². The maximum Gasteiger partial charge on any atom is 0.341 e. The zero-order valence-corrected chi connectivity index (χ0v) is 14.9. The number of nitrogens with zero attached hydrogens (tertiary/aromatic N) is 1. The van der Waals surface area contributed by atoms with E-state index in [1.165, 1.54) is 16.2 Å². The van der Waals surface area contributed by atoms with Crippen LogP contribution < -0.4 is 5.32 Å². The van der Waals surface area contributed by atoms with Gasteiger partial charge in [-0.3, -0.25) is 10.1 Å². The number of thiophene rings is 1. The first-order chi connectivity index (χ1) is 11.4. The third kappa shape index (κ3) is 3.69. The van der Waals surface area contributed by atoms with E-state index < -0.39 is 17.9 Å². The quantitative estimate of drug-likeness (QED) is 0.793. The first-order valence-corrected chi connectivity index (χ1v) is 8.78. The number of carboxylic acids is 1. The van der Waals surface area contributed by atoms with E-state index in [4.69, 9.17) is 9.84 Å². The number of hydrogen-bond acceptors (Lipinski definition) is 5. The summed E-state index contributed by atoms with van der Waals surface area (Å²) in [7, 11) is 0. The van der Waals surface area contributed by atoms with Gasteiger partial charge in [-0.25, -0.2) is 9.59 Å². The van der Waals surface area contributed by atoms with Gasteiger partial charge in [0.05, 0.1) is 18.1 Å². The molecule has 0 aromatic carbocycles. The minimum Gasteiger partial charge on any atom is -0.481 e. The van der Waals surface area contributed by atoms with Gasteiger partial charge in [0.25, 0.3) is 0 Å². The van der Waals surface area contributed by atoms with E-state index in [1.807, 2.05) is 13.8 Å². The molecule has 0 saturated carbocycles. The van der Waals surface area contributed by atoms with Crippen molar-refractivity contribution in [2.24, 2.45) is 5.92 Å². The zero-order valence-electron chi connectivity index (χ0n) is 14.0. The molecular weight excluding hydrogens is 332 g/mol. The van der Waals surface area contributed by atoms with Crippen molar-refractivity contribution in [2.75, 3.05) is 25.0 Å². The number of carbonyl (C=O) groups is 3. The topological polar surface area (TPSA) is 95.9 Å². The van der Waals surface area contributed by atoms with Crippen LogP contribution in [0.1, 0.15) is 41.1 Å². The molecule has 1 aliphatic rings. The number of nitrogens with one attached hydrogen (secondary N) is 1. The molecule has 1 atom stereocenters. The summed E-state index contributed by atoms with van der Waals surface area (Å²) in [6, 6.07) is -0.381. The standard InChI is InChI=1S/C16H22N2O5S/c1-4-11-9(3)24-13(12(11)15(21)23-5-2)17-16(22)18-7-6-10(8-18)14(19)20/h10H,4-8H2,1-3H3,(H,17,22)(H,19,20). The Kier molecular flexibility index (Phi) is 5.82. The fourth-order valence-corrected chi connectivity index (χ4v) is 3.96. The van der Waals surface area contributed by atoms with Crippen molar-refractivity contribution in [3.05, 3.63) is 16.0 Å². The lowest BCUT2D eigenvalue weighted by molar-refractivity contribution is -0.141. The number of rotatable bonds is 5. The van der Waals surface area contributed by atoms with Crippen LogP contribution in [0.5, 0.6) is 0 Å². The van der Waals surface area contributed by atoms with Crippen LogP contribution in [0.2, 0.25) is 0 Å². The number of likely N-dealkylation sites (tertiary alicyclic amines) is 1. The molecule has 1 unspecified atom stereocenters. The summed E-state index contributed by atoms with van der Waals surface area (Å²) >= 11 is 1.34. The average molecular weight is 354 g/mol. The predicted molar refractivity (Wildman–Crippen MR) is 90.7 cm³/mol. The lowest BCUT2D eigenvalue weighted by Crippen LogP contribution is -2.34. The first-order valence-electron chi connectivity index (χ1n) is 7.97. The highest BCUT2D eigenvalue weighted by atomic mass is 32.1. The third-order valence-electron chi connectivity index (χ3n) is 4.09.